The number of carbonyl (C=O) groups excluding carboxylic acids is 3. The summed E-state index contributed by atoms with van der Waals surface area (Å²) in [4.78, 5) is 42.6. The summed E-state index contributed by atoms with van der Waals surface area (Å²) < 4.78 is 16.2. The number of amides is 3. The average Bonchev–Trinajstić information content (AvgIpc) is 3.72. The lowest BCUT2D eigenvalue weighted by Crippen LogP contribution is -2.50. The van der Waals surface area contributed by atoms with E-state index in [2.05, 4.69) is 41.6 Å². The first-order valence-corrected chi connectivity index (χ1v) is 14.0. The normalized spacial score (nSPS) is 13.5. The van der Waals surface area contributed by atoms with Crippen LogP contribution in [0.3, 0.4) is 0 Å². The zero-order valence-corrected chi connectivity index (χ0v) is 24.7. The molecule has 1 atom stereocenters. The Morgan fingerprint density at radius 2 is 1.91 bits per heavy atom. The van der Waals surface area contributed by atoms with E-state index >= 15 is 0 Å². The van der Waals surface area contributed by atoms with Crippen LogP contribution in [0.25, 0.3) is 11.4 Å². The molecule has 1 aliphatic carbocycles. The van der Waals surface area contributed by atoms with Crippen molar-refractivity contribution in [3.63, 3.8) is 0 Å². The molecule has 0 spiro atoms. The minimum Gasteiger partial charge on any atom is -0.494 e. The van der Waals surface area contributed by atoms with Crippen molar-refractivity contribution in [2.45, 2.75) is 43.8 Å². The Hall–Kier alpha value is -4.40. The van der Waals surface area contributed by atoms with Gasteiger partial charge in [-0.2, -0.15) is 4.98 Å². The van der Waals surface area contributed by atoms with Gasteiger partial charge in [0.15, 0.2) is 17.3 Å². The molecule has 224 valence electrons. The van der Waals surface area contributed by atoms with Crippen molar-refractivity contribution in [1.29, 1.82) is 0 Å². The molecule has 0 aliphatic heterocycles. The molecule has 1 saturated carbocycles. The monoisotopic (exact) mass is 596 g/mol. The number of carbonyl (C=O) groups is 3. The molecular weight excluding hydrogens is 565 g/mol. The number of rotatable bonds is 15. The Labute approximate surface area is 258 Å². The van der Waals surface area contributed by atoms with E-state index < -0.39 is 17.1 Å². The first-order valence-electron chi connectivity index (χ1n) is 14.0. The van der Waals surface area contributed by atoms with Gasteiger partial charge in [-0.05, 0) is 31.4 Å². The van der Waals surface area contributed by atoms with Crippen molar-refractivity contribution >= 4 is 58.5 Å². The van der Waals surface area contributed by atoms with Crippen LogP contribution >= 0.6 is 0 Å². The molecule has 17 heteroatoms. The molecule has 4 N–H and O–H groups in total. The van der Waals surface area contributed by atoms with Gasteiger partial charge in [0.2, 0.25) is 23.5 Å². The average molecular weight is 596 g/mol. The second-order valence-electron chi connectivity index (χ2n) is 10.2. The highest BCUT2D eigenvalue weighted by Gasteiger charge is 2.31. The lowest BCUT2D eigenvalue weighted by Gasteiger charge is -2.23. The van der Waals surface area contributed by atoms with Gasteiger partial charge in [0, 0.05) is 25.6 Å². The van der Waals surface area contributed by atoms with Crippen LogP contribution in [-0.4, -0.2) is 94.2 Å². The minimum atomic E-state index is -2.03. The molecule has 14 nitrogen and oxygen atoms in total. The zero-order chi connectivity index (χ0) is 31.9. The van der Waals surface area contributed by atoms with Crippen LogP contribution in [0, 0.1) is 5.92 Å². The highest BCUT2D eigenvalue weighted by molar-refractivity contribution is 6.60. The predicted octanol–water partition coefficient (Wildman–Crippen LogP) is 1.12. The van der Waals surface area contributed by atoms with E-state index in [0.29, 0.717) is 37.2 Å². The number of ether oxygens (including phenoxy) is 2. The summed E-state index contributed by atoms with van der Waals surface area (Å²) in [6.45, 7) is 2.66. The first kappa shape index (κ1) is 32.5. The lowest BCUT2D eigenvalue weighted by molar-refractivity contribution is -0.123. The summed E-state index contributed by atoms with van der Waals surface area (Å²) in [6.07, 6.45) is 2.78. The second-order valence-corrected chi connectivity index (χ2v) is 10.2. The van der Waals surface area contributed by atoms with Crippen LogP contribution in [-0.2, 0) is 14.3 Å². The van der Waals surface area contributed by atoms with E-state index in [-0.39, 0.29) is 52.4 Å². The highest BCUT2D eigenvalue weighted by Crippen LogP contribution is 2.38. The zero-order valence-electron chi connectivity index (χ0n) is 24.7. The van der Waals surface area contributed by atoms with Gasteiger partial charge in [-0.25, -0.2) is 0 Å². The third kappa shape index (κ3) is 8.37. The van der Waals surface area contributed by atoms with E-state index in [9.17, 15) is 14.4 Å². The Balaban J connectivity index is 1.66. The summed E-state index contributed by atoms with van der Waals surface area (Å²) in [5.74, 6) is -1.29. The maximum atomic E-state index is 12.9. The van der Waals surface area contributed by atoms with Crippen LogP contribution in [0.15, 0.2) is 28.8 Å². The van der Waals surface area contributed by atoms with Crippen LogP contribution in [0.2, 0.25) is 0 Å². The van der Waals surface area contributed by atoms with Crippen LogP contribution in [0.4, 0.5) is 17.2 Å². The molecule has 1 unspecified atom stereocenters. The van der Waals surface area contributed by atoms with E-state index in [1.807, 2.05) is 6.92 Å². The minimum absolute atomic E-state index is 0.0893. The van der Waals surface area contributed by atoms with Crippen molar-refractivity contribution < 1.29 is 28.4 Å². The summed E-state index contributed by atoms with van der Waals surface area (Å²) in [6, 6.07) is 6.52. The number of benzene rings is 1. The molecule has 0 bridgehead atoms. The van der Waals surface area contributed by atoms with Gasteiger partial charge < -0.3 is 35.3 Å². The SMILES string of the molecule is [B]C([B])([B])NC(=O)c1nnc(NC(=O)C2CC2)cc1Nc1cccc(-c2noc(C(CCC)C(=O)NCCOC)n2)c1OC. The quantitative estimate of drug-likeness (QED) is 0.146. The van der Waals surface area contributed by atoms with E-state index in [0.717, 1.165) is 12.8 Å². The fraction of sp³-hybridized carbons (Fsp3) is 0.444. The maximum Gasteiger partial charge on any atom is 0.272 e. The Morgan fingerprint density at radius 3 is 2.57 bits per heavy atom. The van der Waals surface area contributed by atoms with Crippen LogP contribution < -0.4 is 26.0 Å². The summed E-state index contributed by atoms with van der Waals surface area (Å²) >= 11 is 0. The molecule has 6 radical (unpaired) electrons. The van der Waals surface area contributed by atoms with Gasteiger partial charge in [-0.3, -0.25) is 14.4 Å². The second kappa shape index (κ2) is 14.4. The standard InChI is InChI=1S/C27H31B3N8O6/c1-4-6-16(24(40)31-11-12-42-2)26-34-22(38-44-26)15-7-5-8-17(21(15)43-3)32-18-13-19(33-23(39)14-9-10-14)36-37-20(18)25(41)35-27(28,29)30/h5,7-8,13-14,16H,4,6,9-12H2,1-3H3,(H,31,40)(H,35,41)(H2,32,33,36,39). The van der Waals surface area contributed by atoms with Crippen molar-refractivity contribution in [2.75, 3.05) is 38.0 Å². The largest absolute Gasteiger partial charge is 0.494 e. The number of hydrogen-bond donors (Lipinski definition) is 4. The molecule has 1 aliphatic rings. The molecule has 0 saturated heterocycles. The lowest BCUT2D eigenvalue weighted by atomic mass is 9.49. The summed E-state index contributed by atoms with van der Waals surface area (Å²) in [5.41, 5.74) is 0.728. The fourth-order valence-electron chi connectivity index (χ4n) is 4.26. The highest BCUT2D eigenvalue weighted by atomic mass is 16.5. The topological polar surface area (TPSA) is 182 Å². The summed E-state index contributed by atoms with van der Waals surface area (Å²) in [5, 5.41) is 20.8. The van der Waals surface area contributed by atoms with E-state index in [4.69, 9.17) is 37.5 Å². The number of para-hydroxylation sites is 1. The molecule has 1 aromatic carbocycles. The van der Waals surface area contributed by atoms with E-state index in [1.165, 1.54) is 13.2 Å². The van der Waals surface area contributed by atoms with Crippen molar-refractivity contribution in [1.82, 2.24) is 31.0 Å². The van der Waals surface area contributed by atoms with Gasteiger partial charge in [0.05, 0.1) is 54.2 Å². The molecule has 44 heavy (non-hydrogen) atoms. The number of nitrogens with one attached hydrogen (secondary N) is 4. The molecule has 4 rings (SSSR count). The molecular formula is C27H31B3N8O6. The van der Waals surface area contributed by atoms with Gasteiger partial charge in [-0.1, -0.05) is 29.8 Å². The molecule has 2 aromatic heterocycles. The van der Waals surface area contributed by atoms with Crippen molar-refractivity contribution in [3.05, 3.63) is 35.9 Å². The molecule has 3 aromatic rings. The molecule has 1 fully saturated rings. The first-order chi connectivity index (χ1) is 21.0. The Kier molecular flexibility index (Phi) is 10.6. The Bertz CT molecular complexity index is 1490. The number of hydrogen-bond acceptors (Lipinski definition) is 11. The van der Waals surface area contributed by atoms with Crippen LogP contribution in [0.1, 0.15) is 54.9 Å². The third-order valence-corrected chi connectivity index (χ3v) is 6.51. The third-order valence-electron chi connectivity index (χ3n) is 6.51. The van der Waals surface area contributed by atoms with Gasteiger partial charge in [0.1, 0.15) is 5.92 Å². The van der Waals surface area contributed by atoms with Gasteiger partial charge >= 0.3 is 0 Å². The van der Waals surface area contributed by atoms with Crippen molar-refractivity contribution in [2.24, 2.45) is 5.92 Å². The summed E-state index contributed by atoms with van der Waals surface area (Å²) in [7, 11) is 19.7. The fourth-order valence-corrected chi connectivity index (χ4v) is 4.26. The number of methoxy groups -OCH3 is 2. The molecule has 2 heterocycles. The van der Waals surface area contributed by atoms with Crippen LogP contribution in [0.5, 0.6) is 5.75 Å². The van der Waals surface area contributed by atoms with E-state index in [1.54, 1.807) is 25.3 Å². The number of nitrogens with zero attached hydrogens (tertiary/aromatic N) is 4. The predicted molar refractivity (Wildman–Crippen MR) is 163 cm³/mol. The van der Waals surface area contributed by atoms with Crippen molar-refractivity contribution in [3.8, 4) is 17.1 Å². The number of anilines is 3. The maximum absolute atomic E-state index is 12.9. The Morgan fingerprint density at radius 1 is 1.14 bits per heavy atom. The molecule has 3 amide bonds. The van der Waals surface area contributed by atoms with Gasteiger partial charge in [-0.15, -0.1) is 10.2 Å². The smallest absolute Gasteiger partial charge is 0.272 e. The number of aromatic nitrogens is 4. The van der Waals surface area contributed by atoms with Gasteiger partial charge in [0.25, 0.3) is 5.91 Å².